The van der Waals surface area contributed by atoms with E-state index >= 15 is 0 Å². The van der Waals surface area contributed by atoms with E-state index < -0.39 is 0 Å². The molecule has 0 aliphatic heterocycles. The van der Waals surface area contributed by atoms with E-state index in [1.807, 2.05) is 0 Å². The van der Waals surface area contributed by atoms with Crippen LogP contribution in [0.2, 0.25) is 0 Å². The van der Waals surface area contributed by atoms with Crippen LogP contribution in [0.25, 0.3) is 0 Å². The van der Waals surface area contributed by atoms with Crippen molar-refractivity contribution in [3.05, 3.63) is 35.4 Å². The predicted molar refractivity (Wildman–Crippen MR) is 78.6 cm³/mol. The molecule has 0 heterocycles. The van der Waals surface area contributed by atoms with Gasteiger partial charge in [-0.1, -0.05) is 37.6 Å². The summed E-state index contributed by atoms with van der Waals surface area (Å²) in [5.41, 5.74) is 3.00. The van der Waals surface area contributed by atoms with Crippen molar-refractivity contribution in [3.63, 3.8) is 0 Å². The molecule has 96 valence electrons. The first-order valence-corrected chi connectivity index (χ1v) is 7.38. The number of rotatable bonds is 4. The molecule has 0 unspecified atom stereocenters. The minimum Gasteiger partial charge on any atom is -0.120 e. The first kappa shape index (κ1) is 13.2. The summed E-state index contributed by atoms with van der Waals surface area (Å²) >= 11 is 0. The number of unbranched alkanes of at least 4 members (excludes halogenated alkanes) is 1. The van der Waals surface area contributed by atoms with Crippen LogP contribution in [-0.4, -0.2) is 0 Å². The van der Waals surface area contributed by atoms with Crippen LogP contribution < -0.4 is 0 Å². The van der Waals surface area contributed by atoms with E-state index in [9.17, 15) is 0 Å². The van der Waals surface area contributed by atoms with Gasteiger partial charge in [0.05, 0.1) is 0 Å². The lowest BCUT2D eigenvalue weighted by atomic mass is 9.79. The second-order valence-electron chi connectivity index (χ2n) is 5.56. The van der Waals surface area contributed by atoms with Crippen molar-refractivity contribution in [2.45, 2.75) is 57.8 Å². The van der Waals surface area contributed by atoms with Gasteiger partial charge in [-0.05, 0) is 55.6 Å². The quantitative estimate of drug-likeness (QED) is 0.654. The van der Waals surface area contributed by atoms with E-state index in [4.69, 9.17) is 6.42 Å². The Kier molecular flexibility index (Phi) is 4.88. The van der Waals surface area contributed by atoms with Crippen molar-refractivity contribution in [2.75, 3.05) is 0 Å². The molecule has 1 aromatic rings. The van der Waals surface area contributed by atoms with E-state index in [1.165, 1.54) is 56.1 Å². The van der Waals surface area contributed by atoms with Crippen LogP contribution in [0.3, 0.4) is 0 Å². The molecule has 2 rings (SSSR count). The third-order valence-corrected chi connectivity index (χ3v) is 4.23. The fourth-order valence-electron chi connectivity index (χ4n) is 2.93. The van der Waals surface area contributed by atoms with E-state index in [0.29, 0.717) is 5.92 Å². The molecule has 1 saturated carbocycles. The lowest BCUT2D eigenvalue weighted by molar-refractivity contribution is 0.385. The molecule has 0 aromatic heterocycles. The van der Waals surface area contributed by atoms with Crippen LogP contribution in [0.5, 0.6) is 0 Å². The monoisotopic (exact) mass is 240 g/mol. The molecule has 0 bridgehead atoms. The first-order valence-electron chi connectivity index (χ1n) is 7.38. The largest absolute Gasteiger partial charge is 0.120 e. The van der Waals surface area contributed by atoms with E-state index in [0.717, 1.165) is 5.92 Å². The number of hydrogen-bond donors (Lipinski definition) is 0. The molecule has 0 amide bonds. The molecular weight excluding hydrogens is 216 g/mol. The Labute approximate surface area is 112 Å². The Morgan fingerprint density at radius 3 is 2.33 bits per heavy atom. The van der Waals surface area contributed by atoms with Gasteiger partial charge in [-0.2, -0.15) is 0 Å². The molecule has 0 atom stereocenters. The summed E-state index contributed by atoms with van der Waals surface area (Å²) in [5, 5.41) is 0. The molecule has 1 fully saturated rings. The number of terminal acetylenes is 1. The van der Waals surface area contributed by atoms with Gasteiger partial charge >= 0.3 is 0 Å². The first-order chi connectivity index (χ1) is 8.83. The van der Waals surface area contributed by atoms with Gasteiger partial charge in [-0.3, -0.25) is 0 Å². The topological polar surface area (TPSA) is 0 Å². The molecule has 1 aromatic carbocycles. The molecule has 1 aliphatic carbocycles. The smallest absolute Gasteiger partial charge is 0.0200 e. The van der Waals surface area contributed by atoms with Gasteiger partial charge < -0.3 is 0 Å². The Balaban J connectivity index is 1.92. The molecule has 0 saturated heterocycles. The van der Waals surface area contributed by atoms with Crippen molar-refractivity contribution in [2.24, 2.45) is 5.92 Å². The molecule has 0 heteroatoms. The second kappa shape index (κ2) is 6.64. The van der Waals surface area contributed by atoms with E-state index in [2.05, 4.69) is 37.1 Å². The summed E-state index contributed by atoms with van der Waals surface area (Å²) in [6.45, 7) is 2.25. The predicted octanol–water partition coefficient (Wildman–Crippen LogP) is 4.94. The Morgan fingerprint density at radius 2 is 1.78 bits per heavy atom. The Morgan fingerprint density at radius 1 is 1.11 bits per heavy atom. The fourth-order valence-corrected chi connectivity index (χ4v) is 2.93. The van der Waals surface area contributed by atoms with Crippen LogP contribution in [0.1, 0.15) is 62.5 Å². The number of benzene rings is 1. The zero-order chi connectivity index (χ0) is 12.8. The highest BCUT2D eigenvalue weighted by Crippen LogP contribution is 2.35. The zero-order valence-corrected chi connectivity index (χ0v) is 11.5. The van der Waals surface area contributed by atoms with Crippen molar-refractivity contribution >= 4 is 0 Å². The molecule has 0 N–H and O–H groups in total. The highest BCUT2D eigenvalue weighted by molar-refractivity contribution is 5.26. The van der Waals surface area contributed by atoms with Gasteiger partial charge in [0.15, 0.2) is 0 Å². The van der Waals surface area contributed by atoms with Crippen molar-refractivity contribution in [1.29, 1.82) is 0 Å². The average Bonchev–Trinajstić information content (AvgIpc) is 2.46. The molecule has 0 spiro atoms. The van der Waals surface area contributed by atoms with Crippen molar-refractivity contribution in [3.8, 4) is 12.3 Å². The van der Waals surface area contributed by atoms with Gasteiger partial charge in [-0.15, -0.1) is 12.3 Å². The lowest BCUT2D eigenvalue weighted by Crippen LogP contribution is -2.11. The van der Waals surface area contributed by atoms with E-state index in [-0.39, 0.29) is 0 Å². The summed E-state index contributed by atoms with van der Waals surface area (Å²) in [4.78, 5) is 0. The van der Waals surface area contributed by atoms with Crippen LogP contribution in [0.15, 0.2) is 24.3 Å². The third kappa shape index (κ3) is 3.39. The number of hydrogen-bond acceptors (Lipinski definition) is 0. The van der Waals surface area contributed by atoms with Crippen molar-refractivity contribution < 1.29 is 0 Å². The third-order valence-electron chi connectivity index (χ3n) is 4.23. The van der Waals surface area contributed by atoms with Gasteiger partial charge in [0, 0.05) is 5.92 Å². The maximum absolute atomic E-state index is 5.50. The molecule has 18 heavy (non-hydrogen) atoms. The minimum absolute atomic E-state index is 0.532. The van der Waals surface area contributed by atoms with E-state index in [1.54, 1.807) is 0 Å². The lowest BCUT2D eigenvalue weighted by Gasteiger charge is -2.26. The van der Waals surface area contributed by atoms with Crippen LogP contribution in [0.4, 0.5) is 0 Å². The maximum Gasteiger partial charge on any atom is 0.0200 e. The van der Waals surface area contributed by atoms with Gasteiger partial charge in [-0.25, -0.2) is 0 Å². The van der Waals surface area contributed by atoms with Gasteiger partial charge in [0.1, 0.15) is 0 Å². The zero-order valence-electron chi connectivity index (χ0n) is 11.5. The summed E-state index contributed by atoms with van der Waals surface area (Å²) in [7, 11) is 0. The maximum atomic E-state index is 5.50. The number of aryl methyl sites for hydroxylation is 1. The summed E-state index contributed by atoms with van der Waals surface area (Å²) in [6.07, 6.45) is 14.2. The molecule has 0 radical (unpaired) electrons. The SMILES string of the molecule is C#C[C@H]1CC[C@H](c2ccc(CCCC)cc2)CC1. The Bertz CT molecular complexity index is 385. The van der Waals surface area contributed by atoms with Gasteiger partial charge in [0.25, 0.3) is 0 Å². The van der Waals surface area contributed by atoms with Gasteiger partial charge in [0.2, 0.25) is 0 Å². The minimum atomic E-state index is 0.532. The Hall–Kier alpha value is -1.22. The summed E-state index contributed by atoms with van der Waals surface area (Å²) in [6, 6.07) is 9.31. The molecular formula is C18H24. The summed E-state index contributed by atoms with van der Waals surface area (Å²) < 4.78 is 0. The van der Waals surface area contributed by atoms with Crippen LogP contribution in [0, 0.1) is 18.3 Å². The second-order valence-corrected chi connectivity index (χ2v) is 5.56. The average molecular weight is 240 g/mol. The highest BCUT2D eigenvalue weighted by atomic mass is 14.2. The van der Waals surface area contributed by atoms with Crippen LogP contribution >= 0.6 is 0 Å². The summed E-state index contributed by atoms with van der Waals surface area (Å²) in [5.74, 6) is 4.19. The van der Waals surface area contributed by atoms with Crippen LogP contribution in [-0.2, 0) is 6.42 Å². The standard InChI is InChI=1S/C18H24/c1-3-5-6-16-9-13-18(14-10-16)17-11-7-15(4-2)8-12-17/h2,9-10,13-15,17H,3,5-8,11-12H2,1H3/t15-,17-. The normalized spacial score (nSPS) is 23.6. The van der Waals surface area contributed by atoms with Crippen molar-refractivity contribution in [1.82, 2.24) is 0 Å². The molecule has 0 nitrogen and oxygen atoms in total. The highest BCUT2D eigenvalue weighted by Gasteiger charge is 2.20. The molecule has 1 aliphatic rings. The fraction of sp³-hybridized carbons (Fsp3) is 0.556.